The summed E-state index contributed by atoms with van der Waals surface area (Å²) in [6, 6.07) is 2.02. The van der Waals surface area contributed by atoms with Crippen LogP contribution in [0.5, 0.6) is 0 Å². The number of rotatable bonds is 9. The predicted molar refractivity (Wildman–Crippen MR) is 144 cm³/mol. The Labute approximate surface area is 224 Å². The molecule has 0 aromatic carbocycles. The number of ether oxygens (including phenoxy) is 1. The maximum Gasteiger partial charge on any atom is 0.309 e. The molecular formula is C25H30N4O6S2. The van der Waals surface area contributed by atoms with Crippen molar-refractivity contribution in [3.63, 3.8) is 0 Å². The first-order chi connectivity index (χ1) is 17.6. The fourth-order valence-corrected chi connectivity index (χ4v) is 5.82. The Balaban J connectivity index is 2.09. The number of nitrogens with zero attached hydrogens (tertiary/aromatic N) is 4. The molecule has 0 bridgehead atoms. The van der Waals surface area contributed by atoms with Gasteiger partial charge in [0.15, 0.2) is 0 Å². The van der Waals surface area contributed by atoms with Gasteiger partial charge < -0.3 is 14.7 Å². The first kappa shape index (κ1) is 28.4. The predicted octanol–water partition coefficient (Wildman–Crippen LogP) is 2.89. The number of aliphatic carboxylic acids is 1. The van der Waals surface area contributed by atoms with Crippen molar-refractivity contribution in [2.45, 2.75) is 53.0 Å². The Morgan fingerprint density at radius 2 is 1.92 bits per heavy atom. The lowest BCUT2D eigenvalue weighted by molar-refractivity contribution is -0.148. The molecule has 2 saturated heterocycles. The minimum atomic E-state index is -1.03. The number of amides is 1. The molecule has 2 aliphatic heterocycles. The fraction of sp³-hybridized carbons (Fsp3) is 0.520. The lowest BCUT2D eigenvalue weighted by Gasteiger charge is -2.35. The summed E-state index contributed by atoms with van der Waals surface area (Å²) < 4.78 is 7.02. The first-order valence-corrected chi connectivity index (χ1v) is 13.4. The molecule has 0 atom stereocenters. The minimum Gasteiger partial charge on any atom is -0.481 e. The van der Waals surface area contributed by atoms with E-state index >= 15 is 0 Å². The van der Waals surface area contributed by atoms with Crippen LogP contribution in [0.2, 0.25) is 0 Å². The summed E-state index contributed by atoms with van der Waals surface area (Å²) >= 11 is 6.39. The zero-order chi connectivity index (χ0) is 27.3. The standard InChI is InChI=1S/C25H30N4O6S2/c1-4-9-28-21(27-10-6-16(7-11-27)24(34)35-5-2)17(15(3)18(14-26)22(28)32)13-19-23(33)29(25(36)37-19)12-8-20(30)31/h13,16H,4-12H2,1-3H3,(H,30,31). The number of carboxylic acids is 1. The Morgan fingerprint density at radius 1 is 1.24 bits per heavy atom. The van der Waals surface area contributed by atoms with Crippen LogP contribution in [0.3, 0.4) is 0 Å². The number of piperidine rings is 1. The number of hydrogen-bond acceptors (Lipinski definition) is 9. The van der Waals surface area contributed by atoms with Crippen molar-refractivity contribution in [3.8, 4) is 6.07 Å². The highest BCUT2D eigenvalue weighted by Gasteiger charge is 2.34. The van der Waals surface area contributed by atoms with Gasteiger partial charge in [0.05, 0.1) is 23.9 Å². The third kappa shape index (κ3) is 6.05. The van der Waals surface area contributed by atoms with Crippen LogP contribution in [0.25, 0.3) is 6.08 Å². The van der Waals surface area contributed by atoms with Crippen molar-refractivity contribution in [2.24, 2.45) is 5.92 Å². The Kier molecular flexibility index (Phi) is 9.50. The molecular weight excluding hydrogens is 516 g/mol. The van der Waals surface area contributed by atoms with Gasteiger partial charge in [-0.25, -0.2) is 0 Å². The van der Waals surface area contributed by atoms with Crippen molar-refractivity contribution < 1.29 is 24.2 Å². The van der Waals surface area contributed by atoms with E-state index in [4.69, 9.17) is 22.1 Å². The number of thioether (sulfide) groups is 1. The van der Waals surface area contributed by atoms with Gasteiger partial charge in [-0.1, -0.05) is 30.9 Å². The molecule has 2 fully saturated rings. The van der Waals surface area contributed by atoms with Gasteiger partial charge in [0, 0.05) is 31.7 Å². The van der Waals surface area contributed by atoms with Crippen molar-refractivity contribution in [1.82, 2.24) is 9.47 Å². The summed E-state index contributed by atoms with van der Waals surface area (Å²) in [7, 11) is 0. The highest BCUT2D eigenvalue weighted by Crippen LogP contribution is 2.37. The monoisotopic (exact) mass is 546 g/mol. The third-order valence-electron chi connectivity index (χ3n) is 6.41. The number of aromatic nitrogens is 1. The molecule has 37 heavy (non-hydrogen) atoms. The van der Waals surface area contributed by atoms with Crippen LogP contribution in [0.15, 0.2) is 9.70 Å². The van der Waals surface area contributed by atoms with Crippen LogP contribution < -0.4 is 10.5 Å². The molecule has 3 heterocycles. The lowest BCUT2D eigenvalue weighted by atomic mass is 9.95. The quantitative estimate of drug-likeness (QED) is 0.280. The van der Waals surface area contributed by atoms with E-state index in [1.165, 1.54) is 4.90 Å². The second-order valence-corrected chi connectivity index (χ2v) is 10.5. The average molecular weight is 547 g/mol. The van der Waals surface area contributed by atoms with E-state index in [1.807, 2.05) is 17.9 Å². The van der Waals surface area contributed by atoms with Crippen molar-refractivity contribution in [1.29, 1.82) is 5.26 Å². The second kappa shape index (κ2) is 12.4. The summed E-state index contributed by atoms with van der Waals surface area (Å²) in [5.74, 6) is -1.30. The van der Waals surface area contributed by atoms with Crippen LogP contribution in [0, 0.1) is 24.2 Å². The normalized spacial score (nSPS) is 17.4. The van der Waals surface area contributed by atoms with Gasteiger partial charge in [-0.3, -0.25) is 28.6 Å². The van der Waals surface area contributed by atoms with Crippen molar-refractivity contribution in [3.05, 3.63) is 31.9 Å². The number of pyridine rings is 1. The van der Waals surface area contributed by atoms with Crippen LogP contribution >= 0.6 is 24.0 Å². The fourth-order valence-electron chi connectivity index (χ4n) is 4.53. The third-order valence-corrected chi connectivity index (χ3v) is 7.78. The molecule has 1 aromatic rings. The van der Waals surface area contributed by atoms with Crippen LogP contribution in [0.4, 0.5) is 5.82 Å². The van der Waals surface area contributed by atoms with Gasteiger partial charge in [0.25, 0.3) is 11.5 Å². The molecule has 0 aliphatic carbocycles. The summed E-state index contributed by atoms with van der Waals surface area (Å²) in [6.45, 7) is 7.04. The van der Waals surface area contributed by atoms with E-state index in [9.17, 15) is 24.4 Å². The van der Waals surface area contributed by atoms with E-state index < -0.39 is 17.4 Å². The molecule has 198 valence electrons. The number of hydrogen-bond donors (Lipinski definition) is 1. The minimum absolute atomic E-state index is 0.00575. The molecule has 1 aromatic heterocycles. The number of thiocarbonyl (C=S) groups is 1. The van der Waals surface area contributed by atoms with Crippen molar-refractivity contribution >= 4 is 58.0 Å². The molecule has 2 aliphatic rings. The second-order valence-electron chi connectivity index (χ2n) is 8.80. The van der Waals surface area contributed by atoms with Crippen molar-refractivity contribution in [2.75, 3.05) is 31.1 Å². The Bertz CT molecular complexity index is 1240. The highest BCUT2D eigenvalue weighted by molar-refractivity contribution is 8.26. The number of carbonyl (C=O) groups excluding carboxylic acids is 2. The molecule has 10 nitrogen and oxygen atoms in total. The Morgan fingerprint density at radius 3 is 2.49 bits per heavy atom. The maximum atomic E-state index is 13.3. The van der Waals surface area contributed by atoms with Gasteiger partial charge in [0.1, 0.15) is 21.8 Å². The SMILES string of the molecule is CCCn1c(N2CCC(C(=O)OCC)CC2)c(C=C2SC(=S)N(CCC(=O)O)C2=O)c(C)c(C#N)c1=O. The van der Waals surface area contributed by atoms with Gasteiger partial charge in [-0.15, -0.1) is 0 Å². The molecule has 0 unspecified atom stereocenters. The van der Waals surface area contributed by atoms with E-state index in [1.54, 1.807) is 24.5 Å². The number of carboxylic acid groups (broad SMARTS) is 1. The smallest absolute Gasteiger partial charge is 0.309 e. The Hall–Kier alpha value is -3.17. The molecule has 0 radical (unpaired) electrons. The molecule has 1 amide bonds. The van der Waals surface area contributed by atoms with Gasteiger partial charge >= 0.3 is 11.9 Å². The molecule has 0 saturated carbocycles. The zero-order valence-electron chi connectivity index (χ0n) is 21.1. The summed E-state index contributed by atoms with van der Waals surface area (Å²) in [5, 5.41) is 18.8. The van der Waals surface area contributed by atoms with Gasteiger partial charge in [0.2, 0.25) is 0 Å². The molecule has 3 rings (SSSR count). The van der Waals surface area contributed by atoms with Crippen LogP contribution in [-0.2, 0) is 25.7 Å². The van der Waals surface area contributed by atoms with E-state index in [0.29, 0.717) is 67.4 Å². The molecule has 0 spiro atoms. The molecule has 1 N–H and O–H groups in total. The largest absolute Gasteiger partial charge is 0.481 e. The van der Waals surface area contributed by atoms with E-state index in [2.05, 4.69) is 0 Å². The topological polar surface area (TPSA) is 133 Å². The lowest BCUT2D eigenvalue weighted by Crippen LogP contribution is -2.41. The zero-order valence-corrected chi connectivity index (χ0v) is 22.7. The summed E-state index contributed by atoms with van der Waals surface area (Å²) in [5.41, 5.74) is 0.637. The van der Waals surface area contributed by atoms with Gasteiger partial charge in [-0.2, -0.15) is 5.26 Å². The maximum absolute atomic E-state index is 13.3. The first-order valence-electron chi connectivity index (χ1n) is 12.2. The summed E-state index contributed by atoms with van der Waals surface area (Å²) in [6.07, 6.45) is 3.16. The van der Waals surface area contributed by atoms with E-state index in [-0.39, 0.29) is 34.7 Å². The molecule has 12 heteroatoms. The van der Waals surface area contributed by atoms with Crippen LogP contribution in [-0.4, -0.2) is 63.0 Å². The number of esters is 1. The summed E-state index contributed by atoms with van der Waals surface area (Å²) in [4.78, 5) is 53.2. The highest BCUT2D eigenvalue weighted by atomic mass is 32.2. The van der Waals surface area contributed by atoms with Gasteiger partial charge in [-0.05, 0) is 44.7 Å². The number of carbonyl (C=O) groups is 3. The average Bonchev–Trinajstić information content (AvgIpc) is 3.13. The van der Waals surface area contributed by atoms with E-state index in [0.717, 1.165) is 11.8 Å². The number of anilines is 1. The van der Waals surface area contributed by atoms with Crippen LogP contribution in [0.1, 0.15) is 56.2 Å². The number of nitriles is 1.